The lowest BCUT2D eigenvalue weighted by molar-refractivity contribution is -0.153. The fraction of sp³-hybridized carbons (Fsp3) is 0.250. The number of amides is 1. The molecule has 0 fully saturated rings. The summed E-state index contributed by atoms with van der Waals surface area (Å²) < 4.78 is 58.3. The molecular formula is C32H29F4NO4. The van der Waals surface area contributed by atoms with Crippen LogP contribution in [0.25, 0.3) is 11.1 Å². The summed E-state index contributed by atoms with van der Waals surface area (Å²) in [5.41, 5.74) is 2.98. The van der Waals surface area contributed by atoms with E-state index in [2.05, 4.69) is 0 Å². The second kappa shape index (κ2) is 11.2. The van der Waals surface area contributed by atoms with Gasteiger partial charge in [0.1, 0.15) is 11.6 Å². The van der Waals surface area contributed by atoms with E-state index in [0.29, 0.717) is 22.3 Å². The molecule has 1 amide bonds. The maximum Gasteiger partial charge on any atom is 0.449 e. The summed E-state index contributed by atoms with van der Waals surface area (Å²) in [6.45, 7) is 6.27. The summed E-state index contributed by atoms with van der Waals surface area (Å²) in [6, 6.07) is 18.9. The number of aliphatic carboxylic acids is 1. The molecule has 0 saturated heterocycles. The minimum atomic E-state index is -4.66. The van der Waals surface area contributed by atoms with Crippen molar-refractivity contribution in [2.75, 3.05) is 0 Å². The van der Waals surface area contributed by atoms with Gasteiger partial charge >= 0.3 is 12.1 Å². The lowest BCUT2D eigenvalue weighted by atomic mass is 9.83. The second-order valence-electron chi connectivity index (χ2n) is 10.5. The molecule has 0 radical (unpaired) electrons. The first kappa shape index (κ1) is 29.6. The third-order valence-corrected chi connectivity index (χ3v) is 7.07. The molecule has 4 rings (SSSR count). The summed E-state index contributed by atoms with van der Waals surface area (Å²) in [5, 5.41) is 9.59. The van der Waals surface area contributed by atoms with Crippen molar-refractivity contribution in [1.82, 2.24) is 4.90 Å². The molecule has 0 spiro atoms. The van der Waals surface area contributed by atoms with Gasteiger partial charge < -0.3 is 14.4 Å². The molecule has 4 aromatic rings. The number of furan rings is 1. The Balaban J connectivity index is 1.64. The molecule has 0 aliphatic carbocycles. The zero-order chi connectivity index (χ0) is 30.1. The minimum absolute atomic E-state index is 0.0439. The molecule has 0 aliphatic heterocycles. The predicted octanol–water partition coefficient (Wildman–Crippen LogP) is 7.93. The Kier molecular flexibility index (Phi) is 8.10. The molecule has 1 aromatic heterocycles. The number of carboxylic acid groups (broad SMARTS) is 1. The van der Waals surface area contributed by atoms with Crippen molar-refractivity contribution >= 4 is 11.9 Å². The number of benzene rings is 3. The number of alkyl halides is 3. The smallest absolute Gasteiger partial charge is 0.449 e. The van der Waals surface area contributed by atoms with Crippen molar-refractivity contribution in [2.45, 2.75) is 52.4 Å². The number of carbonyl (C=O) groups is 2. The number of aryl methyl sites for hydroxylation is 2. The van der Waals surface area contributed by atoms with Crippen LogP contribution >= 0.6 is 0 Å². The minimum Gasteiger partial charge on any atom is -0.481 e. The van der Waals surface area contributed by atoms with Gasteiger partial charge in [-0.25, -0.2) is 4.39 Å². The fourth-order valence-corrected chi connectivity index (χ4v) is 4.64. The van der Waals surface area contributed by atoms with Crippen LogP contribution < -0.4 is 0 Å². The summed E-state index contributed by atoms with van der Waals surface area (Å²) in [4.78, 5) is 26.7. The molecule has 1 heterocycles. The number of rotatable bonds is 8. The highest BCUT2D eigenvalue weighted by Crippen LogP contribution is 2.32. The first-order valence-electron chi connectivity index (χ1n) is 12.8. The molecule has 9 heteroatoms. The van der Waals surface area contributed by atoms with Crippen LogP contribution in [0.2, 0.25) is 0 Å². The van der Waals surface area contributed by atoms with Gasteiger partial charge in [0.05, 0.1) is 12.0 Å². The number of nitrogens with zero attached hydrogens (tertiary/aromatic N) is 1. The lowest BCUT2D eigenvalue weighted by Crippen LogP contribution is -2.31. The first-order valence-corrected chi connectivity index (χ1v) is 12.8. The van der Waals surface area contributed by atoms with Gasteiger partial charge in [-0.2, -0.15) is 13.2 Å². The number of hydrogen-bond acceptors (Lipinski definition) is 3. The van der Waals surface area contributed by atoms with Crippen LogP contribution in [0.1, 0.15) is 58.0 Å². The third kappa shape index (κ3) is 6.51. The van der Waals surface area contributed by atoms with Crippen LogP contribution in [0, 0.1) is 19.7 Å². The zero-order valence-corrected chi connectivity index (χ0v) is 23.0. The van der Waals surface area contributed by atoms with Gasteiger partial charge in [0.25, 0.3) is 5.91 Å². The highest BCUT2D eigenvalue weighted by Gasteiger charge is 2.35. The van der Waals surface area contributed by atoms with Gasteiger partial charge in [-0.1, -0.05) is 48.5 Å². The monoisotopic (exact) mass is 567 g/mol. The van der Waals surface area contributed by atoms with Crippen LogP contribution in [0.5, 0.6) is 0 Å². The van der Waals surface area contributed by atoms with Crippen LogP contribution in [-0.2, 0) is 29.5 Å². The molecule has 0 saturated carbocycles. The SMILES string of the molecule is Cc1cc(F)cc(C)c1C(=O)N(Cc1ccc(-c2cccc(C(C)(C)C(=O)O)c2)cc1)Cc1ccc(C(F)(F)F)o1. The molecule has 41 heavy (non-hydrogen) atoms. The number of halogens is 4. The van der Waals surface area contributed by atoms with E-state index in [-0.39, 0.29) is 24.4 Å². The fourth-order valence-electron chi connectivity index (χ4n) is 4.64. The second-order valence-corrected chi connectivity index (χ2v) is 10.5. The number of hydrogen-bond donors (Lipinski definition) is 1. The van der Waals surface area contributed by atoms with Gasteiger partial charge in [-0.05, 0) is 85.3 Å². The number of carboxylic acids is 1. The Morgan fingerprint density at radius 2 is 1.49 bits per heavy atom. The molecule has 5 nitrogen and oxygen atoms in total. The average Bonchev–Trinajstić information content (AvgIpc) is 3.37. The van der Waals surface area contributed by atoms with Crippen molar-refractivity contribution < 1.29 is 36.7 Å². The van der Waals surface area contributed by atoms with E-state index in [1.807, 2.05) is 24.3 Å². The van der Waals surface area contributed by atoms with Crippen LogP contribution in [0.3, 0.4) is 0 Å². The molecule has 0 atom stereocenters. The summed E-state index contributed by atoms with van der Waals surface area (Å²) in [7, 11) is 0. The maximum atomic E-state index is 13.9. The van der Waals surface area contributed by atoms with Gasteiger partial charge in [0.15, 0.2) is 0 Å². The zero-order valence-electron chi connectivity index (χ0n) is 23.0. The Bertz CT molecular complexity index is 1560. The maximum absolute atomic E-state index is 13.9. The highest BCUT2D eigenvalue weighted by molar-refractivity contribution is 5.97. The molecule has 0 unspecified atom stereocenters. The molecule has 0 bridgehead atoms. The summed E-state index contributed by atoms with van der Waals surface area (Å²) >= 11 is 0. The van der Waals surface area contributed by atoms with E-state index in [4.69, 9.17) is 4.42 Å². The van der Waals surface area contributed by atoms with Crippen molar-refractivity contribution in [1.29, 1.82) is 0 Å². The van der Waals surface area contributed by atoms with Gasteiger partial charge in [0, 0.05) is 12.1 Å². The molecule has 214 valence electrons. The number of carbonyl (C=O) groups excluding carboxylic acids is 1. The predicted molar refractivity (Wildman–Crippen MR) is 146 cm³/mol. The standard InChI is InChI=1S/C32H29F4NO4/c1-19-14-25(33)15-20(2)28(19)29(38)37(18-26-12-13-27(41-26)32(34,35)36)17-21-8-10-22(11-9-21)23-6-5-7-24(16-23)31(3,4)30(39)40/h5-16H,17-18H2,1-4H3,(H,39,40). The van der Waals surface area contributed by atoms with E-state index in [9.17, 15) is 32.3 Å². The largest absolute Gasteiger partial charge is 0.481 e. The normalized spacial score (nSPS) is 11.9. The average molecular weight is 568 g/mol. The quantitative estimate of drug-likeness (QED) is 0.220. The van der Waals surface area contributed by atoms with Crippen molar-refractivity contribution in [2.24, 2.45) is 0 Å². The summed E-state index contributed by atoms with van der Waals surface area (Å²) in [5.74, 6) is -3.11. The van der Waals surface area contributed by atoms with Crippen molar-refractivity contribution in [3.05, 3.63) is 118 Å². The van der Waals surface area contributed by atoms with Gasteiger partial charge in [-0.3, -0.25) is 9.59 Å². The molecule has 0 aliphatic rings. The van der Waals surface area contributed by atoms with E-state index in [0.717, 1.165) is 17.2 Å². The topological polar surface area (TPSA) is 70.8 Å². The third-order valence-electron chi connectivity index (χ3n) is 7.07. The lowest BCUT2D eigenvalue weighted by Gasteiger charge is -2.24. The molecular weight excluding hydrogens is 538 g/mol. The Morgan fingerprint density at radius 1 is 0.854 bits per heavy atom. The van der Waals surface area contributed by atoms with Crippen molar-refractivity contribution in [3.8, 4) is 11.1 Å². The van der Waals surface area contributed by atoms with Gasteiger partial charge in [0.2, 0.25) is 5.76 Å². The van der Waals surface area contributed by atoms with Gasteiger partial charge in [-0.15, -0.1) is 0 Å². The van der Waals surface area contributed by atoms with E-state index < -0.39 is 35.0 Å². The Morgan fingerprint density at radius 3 is 2.05 bits per heavy atom. The Hall–Kier alpha value is -4.40. The summed E-state index contributed by atoms with van der Waals surface area (Å²) in [6.07, 6.45) is -4.66. The van der Waals surface area contributed by atoms with Crippen LogP contribution in [-0.4, -0.2) is 21.9 Å². The first-order chi connectivity index (χ1) is 19.2. The molecule has 1 N–H and O–H groups in total. The van der Waals surface area contributed by atoms with Crippen LogP contribution in [0.4, 0.5) is 17.6 Å². The van der Waals surface area contributed by atoms with Crippen molar-refractivity contribution in [3.63, 3.8) is 0 Å². The highest BCUT2D eigenvalue weighted by atomic mass is 19.4. The van der Waals surface area contributed by atoms with E-state index in [1.165, 1.54) is 23.1 Å². The van der Waals surface area contributed by atoms with E-state index >= 15 is 0 Å². The Labute approximate surface area is 235 Å². The van der Waals surface area contributed by atoms with Crippen LogP contribution in [0.15, 0.2) is 77.2 Å². The van der Waals surface area contributed by atoms with E-state index in [1.54, 1.807) is 52.0 Å². The molecule has 3 aromatic carbocycles.